The Morgan fingerprint density at radius 2 is 1.35 bits per heavy atom. The van der Waals surface area contributed by atoms with Crippen LogP contribution in [0.2, 0.25) is 0 Å². The van der Waals surface area contributed by atoms with E-state index in [9.17, 15) is 14.4 Å². The number of esters is 1. The van der Waals surface area contributed by atoms with Crippen molar-refractivity contribution in [1.82, 2.24) is 0 Å². The lowest BCUT2D eigenvalue weighted by Gasteiger charge is -2.37. The van der Waals surface area contributed by atoms with E-state index >= 15 is 0 Å². The predicted molar refractivity (Wildman–Crippen MR) is 159 cm³/mol. The number of carbonyl (C=O) groups is 3. The van der Waals surface area contributed by atoms with E-state index in [1.54, 1.807) is 12.1 Å². The van der Waals surface area contributed by atoms with Gasteiger partial charge in [0.25, 0.3) is 0 Å². The first-order valence-corrected chi connectivity index (χ1v) is 13.4. The van der Waals surface area contributed by atoms with Crippen molar-refractivity contribution in [3.05, 3.63) is 82.4 Å². The molecule has 0 saturated carbocycles. The number of benzene rings is 3. The molecule has 0 radical (unpaired) electrons. The van der Waals surface area contributed by atoms with Crippen molar-refractivity contribution >= 4 is 29.9 Å². The van der Waals surface area contributed by atoms with Crippen LogP contribution in [0.25, 0.3) is 0 Å². The maximum absolute atomic E-state index is 13.0. The van der Waals surface area contributed by atoms with Gasteiger partial charge in [-0.15, -0.1) is 0 Å². The molecule has 3 aromatic rings. The molecule has 2 N–H and O–H groups in total. The van der Waals surface area contributed by atoms with Gasteiger partial charge in [-0.05, 0) is 43.8 Å². The van der Waals surface area contributed by atoms with Gasteiger partial charge in [-0.2, -0.15) is 0 Å². The number of hydrogen-bond acceptors (Lipinski definition) is 8. The highest BCUT2D eigenvalue weighted by Crippen LogP contribution is 2.57. The van der Waals surface area contributed by atoms with Crippen LogP contribution in [0.15, 0.2) is 54.6 Å². The lowest BCUT2D eigenvalue weighted by molar-refractivity contribution is -0.107. The van der Waals surface area contributed by atoms with E-state index in [1.807, 2.05) is 80.5 Å². The van der Waals surface area contributed by atoms with Gasteiger partial charge >= 0.3 is 5.97 Å². The van der Waals surface area contributed by atoms with Crippen molar-refractivity contribution in [2.24, 2.45) is 5.73 Å². The van der Waals surface area contributed by atoms with Crippen LogP contribution in [-0.2, 0) is 15.1 Å². The molecule has 2 heterocycles. The first-order valence-electron chi connectivity index (χ1n) is 13.4. The lowest BCUT2D eigenvalue weighted by Crippen LogP contribution is -2.33. The molecular formula is C32H39N3O5. The maximum atomic E-state index is 13.0. The fraction of sp³-hybridized carbons (Fsp3) is 0.344. The van der Waals surface area contributed by atoms with Gasteiger partial charge < -0.3 is 29.8 Å². The van der Waals surface area contributed by atoms with Crippen LogP contribution in [0.1, 0.15) is 70.0 Å². The molecule has 8 nitrogen and oxygen atoms in total. The Bertz CT molecular complexity index is 1310. The van der Waals surface area contributed by atoms with Crippen molar-refractivity contribution in [3.63, 3.8) is 0 Å². The first kappa shape index (κ1) is 30.4. The summed E-state index contributed by atoms with van der Waals surface area (Å²) >= 11 is 0. The number of unbranched alkanes of at least 4 members (excludes halogenated alkanes) is 3. The summed E-state index contributed by atoms with van der Waals surface area (Å²) in [4.78, 5) is 37.9. The van der Waals surface area contributed by atoms with Crippen molar-refractivity contribution in [3.8, 4) is 11.5 Å². The highest BCUT2D eigenvalue weighted by molar-refractivity contribution is 5.98. The number of rotatable bonds is 7. The summed E-state index contributed by atoms with van der Waals surface area (Å²) in [5.41, 5.74) is 8.38. The maximum Gasteiger partial charge on any atom is 0.340 e. The van der Waals surface area contributed by atoms with Crippen LogP contribution in [0.3, 0.4) is 0 Å². The Kier molecular flexibility index (Phi) is 10.1. The molecule has 0 saturated heterocycles. The fourth-order valence-electron chi connectivity index (χ4n) is 4.83. The zero-order chi connectivity index (χ0) is 29.4. The summed E-state index contributed by atoms with van der Waals surface area (Å²) < 4.78 is 12.5. The molecule has 0 atom stereocenters. The first-order chi connectivity index (χ1) is 19.3. The number of nitrogens with two attached hydrogens (primary N) is 1. The van der Waals surface area contributed by atoms with E-state index in [2.05, 4.69) is 12.7 Å². The molecule has 2 aliphatic rings. The minimum atomic E-state index is -1.13. The molecule has 0 aliphatic carbocycles. The molecule has 0 unspecified atom stereocenters. The Labute approximate surface area is 236 Å². The number of nitrogens with zero attached hydrogens (tertiary/aromatic N) is 2. The molecule has 212 valence electrons. The topological polar surface area (TPSA) is 102 Å². The third kappa shape index (κ3) is 5.72. The SMILES string of the molecule is CCCCCC=O.CN.CN(C)c1ccc2c(c1)Oc1cc(N(C)C)ccc1C21OC(=O)c2cc(C=O)ccc21. The minimum Gasteiger partial charge on any atom is -0.456 e. The monoisotopic (exact) mass is 545 g/mol. The van der Waals surface area contributed by atoms with Gasteiger partial charge in [0.1, 0.15) is 24.1 Å². The summed E-state index contributed by atoms with van der Waals surface area (Å²) in [5, 5.41) is 0. The molecule has 3 aromatic carbocycles. The normalized spacial score (nSPS) is 13.1. The second-order valence-electron chi connectivity index (χ2n) is 9.91. The number of hydrogen-bond donors (Lipinski definition) is 1. The standard InChI is InChI=1S/C25H22N2O4.C6H12O.CH5N/c1-26(2)16-6-9-20-22(12-16)30-23-13-17(27(3)4)7-10-21(23)25(20)19-8-5-15(14-28)11-18(19)24(29)31-25;1-2-3-4-5-6-7;1-2/h5-14H,1-4H3;6H,2-5H2,1H3;2H2,1H3. The third-order valence-electron chi connectivity index (χ3n) is 6.89. The molecule has 5 rings (SSSR count). The van der Waals surface area contributed by atoms with E-state index in [0.29, 0.717) is 28.2 Å². The minimum absolute atomic E-state index is 0.400. The van der Waals surface area contributed by atoms with E-state index in [-0.39, 0.29) is 0 Å². The largest absolute Gasteiger partial charge is 0.456 e. The molecule has 0 fully saturated rings. The Morgan fingerprint density at radius 3 is 1.82 bits per heavy atom. The average molecular weight is 546 g/mol. The quantitative estimate of drug-likeness (QED) is 0.235. The summed E-state index contributed by atoms with van der Waals surface area (Å²) in [6.07, 6.45) is 5.92. The van der Waals surface area contributed by atoms with E-state index in [4.69, 9.17) is 9.47 Å². The van der Waals surface area contributed by atoms with Crippen molar-refractivity contribution in [2.75, 3.05) is 45.0 Å². The predicted octanol–water partition coefficient (Wildman–Crippen LogP) is 5.54. The smallest absolute Gasteiger partial charge is 0.340 e. The van der Waals surface area contributed by atoms with Crippen molar-refractivity contribution in [2.45, 2.75) is 38.2 Å². The van der Waals surface area contributed by atoms with E-state index in [1.165, 1.54) is 19.9 Å². The summed E-state index contributed by atoms with van der Waals surface area (Å²) in [5.74, 6) is 0.815. The van der Waals surface area contributed by atoms with Gasteiger partial charge in [-0.3, -0.25) is 4.79 Å². The van der Waals surface area contributed by atoms with Gasteiger partial charge in [0.15, 0.2) is 5.60 Å². The summed E-state index contributed by atoms with van der Waals surface area (Å²) in [6.45, 7) is 2.13. The Morgan fingerprint density at radius 1 is 0.800 bits per heavy atom. The molecule has 1 spiro atoms. The number of aldehydes is 2. The van der Waals surface area contributed by atoms with Gasteiger partial charge in [-0.1, -0.05) is 31.9 Å². The second-order valence-corrected chi connectivity index (χ2v) is 9.91. The van der Waals surface area contributed by atoms with Crippen LogP contribution in [0.4, 0.5) is 11.4 Å². The van der Waals surface area contributed by atoms with Gasteiger partial charge in [0.2, 0.25) is 0 Å². The zero-order valence-corrected chi connectivity index (χ0v) is 24.2. The van der Waals surface area contributed by atoms with Crippen LogP contribution in [0.5, 0.6) is 11.5 Å². The summed E-state index contributed by atoms with van der Waals surface area (Å²) in [7, 11) is 9.35. The van der Waals surface area contributed by atoms with Gasteiger partial charge in [0, 0.05) is 80.4 Å². The highest BCUT2D eigenvalue weighted by atomic mass is 16.6. The molecule has 0 amide bonds. The second kappa shape index (κ2) is 13.3. The molecule has 40 heavy (non-hydrogen) atoms. The van der Waals surface area contributed by atoms with Crippen molar-refractivity contribution < 1.29 is 23.9 Å². The van der Waals surface area contributed by atoms with Crippen LogP contribution in [0, 0.1) is 0 Å². The number of anilines is 2. The van der Waals surface area contributed by atoms with E-state index in [0.717, 1.165) is 47.9 Å². The van der Waals surface area contributed by atoms with Gasteiger partial charge in [-0.25, -0.2) is 4.79 Å². The highest BCUT2D eigenvalue weighted by Gasteiger charge is 2.53. The van der Waals surface area contributed by atoms with E-state index < -0.39 is 11.6 Å². The summed E-state index contributed by atoms with van der Waals surface area (Å²) in [6, 6.07) is 16.9. The van der Waals surface area contributed by atoms with Crippen LogP contribution >= 0.6 is 0 Å². The number of fused-ring (bicyclic) bond motifs is 6. The molecule has 0 bridgehead atoms. The van der Waals surface area contributed by atoms with Crippen LogP contribution in [-0.4, -0.2) is 53.8 Å². The average Bonchev–Trinajstić information content (AvgIpc) is 3.26. The molecule has 0 aromatic heterocycles. The van der Waals surface area contributed by atoms with Gasteiger partial charge in [0.05, 0.1) is 5.56 Å². The zero-order valence-electron chi connectivity index (χ0n) is 24.2. The fourth-order valence-corrected chi connectivity index (χ4v) is 4.83. The number of carbonyl (C=O) groups excluding carboxylic acids is 3. The molecular weight excluding hydrogens is 506 g/mol. The molecule has 2 aliphatic heterocycles. The Balaban J connectivity index is 0.000000430. The van der Waals surface area contributed by atoms with Crippen LogP contribution < -0.4 is 20.3 Å². The van der Waals surface area contributed by atoms with Crippen molar-refractivity contribution in [1.29, 1.82) is 0 Å². The number of ether oxygens (including phenoxy) is 2. The third-order valence-corrected chi connectivity index (χ3v) is 6.89. The lowest BCUT2D eigenvalue weighted by atomic mass is 9.77. The Hall–Kier alpha value is -4.17. The molecule has 8 heteroatoms.